The lowest BCUT2D eigenvalue weighted by atomic mass is 10.0. The van der Waals surface area contributed by atoms with Crippen LogP contribution in [0.3, 0.4) is 0 Å². The van der Waals surface area contributed by atoms with Crippen LogP contribution in [0, 0.1) is 5.92 Å². The summed E-state index contributed by atoms with van der Waals surface area (Å²) in [4.78, 5) is 15.7. The number of hydrogen-bond donors (Lipinski definition) is 0. The molecule has 0 bridgehead atoms. The Morgan fingerprint density at radius 2 is 2.20 bits per heavy atom. The van der Waals surface area contributed by atoms with Crippen molar-refractivity contribution in [2.45, 2.75) is 39.5 Å². The Kier molecular flexibility index (Phi) is 5.02. The monoisotopic (exact) mass is 205 g/mol. The van der Waals surface area contributed by atoms with Crippen molar-refractivity contribution in [3.63, 3.8) is 0 Å². The van der Waals surface area contributed by atoms with Gasteiger partial charge in [-0.1, -0.05) is 26.3 Å². The third-order valence-corrected chi connectivity index (χ3v) is 2.34. The minimum absolute atomic E-state index is 0.300. The summed E-state index contributed by atoms with van der Waals surface area (Å²) in [6.07, 6.45) is 5.04. The van der Waals surface area contributed by atoms with Crippen LogP contribution in [0.2, 0.25) is 0 Å². The summed E-state index contributed by atoms with van der Waals surface area (Å²) in [6.45, 7) is 4.37. The van der Waals surface area contributed by atoms with Crippen LogP contribution in [0.4, 0.5) is 0 Å². The van der Waals surface area contributed by atoms with Crippen molar-refractivity contribution in [2.75, 3.05) is 0 Å². The van der Waals surface area contributed by atoms with Gasteiger partial charge in [0.15, 0.2) is 0 Å². The zero-order chi connectivity index (χ0) is 11.1. The fourth-order valence-electron chi connectivity index (χ4n) is 1.50. The number of carbonyl (C=O) groups is 1. The molecule has 82 valence electrons. The zero-order valence-corrected chi connectivity index (χ0v) is 9.57. The highest BCUT2D eigenvalue weighted by molar-refractivity contribution is 5.80. The van der Waals surface area contributed by atoms with Crippen molar-refractivity contribution in [1.29, 1.82) is 0 Å². The first kappa shape index (κ1) is 11.9. The molecule has 0 fully saturated rings. The molecule has 2 nitrogen and oxygen atoms in total. The van der Waals surface area contributed by atoms with Crippen LogP contribution in [0.1, 0.15) is 38.8 Å². The molecule has 2 heteroatoms. The first-order valence-electron chi connectivity index (χ1n) is 5.60. The molecule has 0 aliphatic heterocycles. The van der Waals surface area contributed by atoms with E-state index in [-0.39, 0.29) is 0 Å². The topological polar surface area (TPSA) is 30.0 Å². The Hall–Kier alpha value is -1.18. The summed E-state index contributed by atoms with van der Waals surface area (Å²) in [5.41, 5.74) is 0.882. The maximum atomic E-state index is 11.6. The Balaban J connectivity index is 2.25. The number of rotatable bonds is 6. The van der Waals surface area contributed by atoms with Gasteiger partial charge in [0.05, 0.1) is 0 Å². The minimum atomic E-state index is 0.300. The van der Waals surface area contributed by atoms with Crippen LogP contribution in [0.25, 0.3) is 0 Å². The number of aromatic nitrogens is 1. The Bertz CT molecular complexity index is 293. The molecule has 1 rings (SSSR count). The summed E-state index contributed by atoms with van der Waals surface area (Å²) < 4.78 is 0. The lowest BCUT2D eigenvalue weighted by molar-refractivity contribution is -0.118. The van der Waals surface area contributed by atoms with Gasteiger partial charge in [0.25, 0.3) is 0 Å². The van der Waals surface area contributed by atoms with Gasteiger partial charge in [0.1, 0.15) is 5.78 Å². The summed E-state index contributed by atoms with van der Waals surface area (Å²) in [7, 11) is 0. The van der Waals surface area contributed by atoms with Crippen molar-refractivity contribution < 1.29 is 4.79 Å². The number of pyridine rings is 1. The van der Waals surface area contributed by atoms with Crippen molar-refractivity contribution in [2.24, 2.45) is 5.92 Å². The van der Waals surface area contributed by atoms with E-state index < -0.39 is 0 Å². The number of hydrogen-bond acceptors (Lipinski definition) is 2. The number of carbonyl (C=O) groups excluding carboxylic acids is 1. The molecular weight excluding hydrogens is 186 g/mol. The van der Waals surface area contributed by atoms with E-state index in [1.165, 1.54) is 0 Å². The SMILES string of the molecule is CC(C)CCCC(=O)Cc1ccccn1. The standard InChI is InChI=1S/C13H19NO/c1-11(2)6-5-8-13(15)10-12-7-3-4-9-14-12/h3-4,7,9,11H,5-6,8,10H2,1-2H3. The number of ketones is 1. The predicted octanol–water partition coefficient (Wildman–Crippen LogP) is 3.02. The van der Waals surface area contributed by atoms with Gasteiger partial charge in [-0.2, -0.15) is 0 Å². The Labute approximate surface area is 91.7 Å². The van der Waals surface area contributed by atoms with Crippen LogP contribution >= 0.6 is 0 Å². The van der Waals surface area contributed by atoms with E-state index in [0.717, 1.165) is 18.5 Å². The van der Waals surface area contributed by atoms with Crippen LogP contribution < -0.4 is 0 Å². The molecule has 0 aromatic carbocycles. The van der Waals surface area contributed by atoms with E-state index >= 15 is 0 Å². The minimum Gasteiger partial charge on any atom is -0.299 e. The van der Waals surface area contributed by atoms with Gasteiger partial charge in [-0.15, -0.1) is 0 Å². The molecule has 0 N–H and O–H groups in total. The summed E-state index contributed by atoms with van der Waals surface area (Å²) >= 11 is 0. The molecule has 1 heterocycles. The van der Waals surface area contributed by atoms with Crippen LogP contribution in [-0.2, 0) is 11.2 Å². The molecule has 1 aromatic heterocycles. The highest BCUT2D eigenvalue weighted by Crippen LogP contribution is 2.08. The summed E-state index contributed by atoms with van der Waals surface area (Å²) in [6, 6.07) is 5.69. The van der Waals surface area contributed by atoms with Crippen LogP contribution in [-0.4, -0.2) is 10.8 Å². The Morgan fingerprint density at radius 3 is 2.80 bits per heavy atom. The van der Waals surface area contributed by atoms with E-state index in [0.29, 0.717) is 24.5 Å². The van der Waals surface area contributed by atoms with Gasteiger partial charge < -0.3 is 0 Å². The zero-order valence-electron chi connectivity index (χ0n) is 9.57. The average molecular weight is 205 g/mol. The third-order valence-electron chi connectivity index (χ3n) is 2.34. The smallest absolute Gasteiger partial charge is 0.138 e. The largest absolute Gasteiger partial charge is 0.299 e. The molecular formula is C13H19NO. The van der Waals surface area contributed by atoms with Gasteiger partial charge >= 0.3 is 0 Å². The van der Waals surface area contributed by atoms with Crippen molar-refractivity contribution in [1.82, 2.24) is 4.98 Å². The highest BCUT2D eigenvalue weighted by atomic mass is 16.1. The molecule has 0 radical (unpaired) electrons. The fourth-order valence-corrected chi connectivity index (χ4v) is 1.50. The van der Waals surface area contributed by atoms with Crippen molar-refractivity contribution in [3.8, 4) is 0 Å². The molecule has 0 atom stereocenters. The van der Waals surface area contributed by atoms with Gasteiger partial charge in [-0.3, -0.25) is 9.78 Å². The average Bonchev–Trinajstić information content (AvgIpc) is 2.18. The lowest BCUT2D eigenvalue weighted by Crippen LogP contribution is -2.04. The quantitative estimate of drug-likeness (QED) is 0.714. The first-order chi connectivity index (χ1) is 7.18. The number of Topliss-reactive ketones (excluding diaryl/α,β-unsaturated/α-hetero) is 1. The normalized spacial score (nSPS) is 10.6. The van der Waals surface area contributed by atoms with Crippen molar-refractivity contribution in [3.05, 3.63) is 30.1 Å². The fraction of sp³-hybridized carbons (Fsp3) is 0.538. The molecule has 15 heavy (non-hydrogen) atoms. The second-order valence-electron chi connectivity index (χ2n) is 4.32. The second-order valence-corrected chi connectivity index (χ2v) is 4.32. The summed E-state index contributed by atoms with van der Waals surface area (Å²) in [5, 5.41) is 0. The molecule has 1 aromatic rings. The molecule has 0 aliphatic carbocycles. The predicted molar refractivity (Wildman–Crippen MR) is 61.6 cm³/mol. The molecule has 0 spiro atoms. The third kappa shape index (κ3) is 5.31. The van der Waals surface area contributed by atoms with Gasteiger partial charge in [0.2, 0.25) is 0 Å². The van der Waals surface area contributed by atoms with E-state index in [2.05, 4.69) is 18.8 Å². The van der Waals surface area contributed by atoms with E-state index in [9.17, 15) is 4.79 Å². The first-order valence-corrected chi connectivity index (χ1v) is 5.60. The number of nitrogens with zero attached hydrogens (tertiary/aromatic N) is 1. The molecule has 0 saturated carbocycles. The molecule has 0 saturated heterocycles. The molecule has 0 aliphatic rings. The van der Waals surface area contributed by atoms with Gasteiger partial charge in [-0.05, 0) is 24.5 Å². The second kappa shape index (κ2) is 6.33. The summed E-state index contributed by atoms with van der Waals surface area (Å²) in [5.74, 6) is 0.988. The molecule has 0 unspecified atom stereocenters. The van der Waals surface area contributed by atoms with Crippen LogP contribution in [0.15, 0.2) is 24.4 Å². The van der Waals surface area contributed by atoms with Gasteiger partial charge in [0, 0.05) is 24.7 Å². The Morgan fingerprint density at radius 1 is 1.40 bits per heavy atom. The lowest BCUT2D eigenvalue weighted by Gasteiger charge is -2.03. The highest BCUT2D eigenvalue weighted by Gasteiger charge is 2.04. The maximum absolute atomic E-state index is 11.6. The van der Waals surface area contributed by atoms with Crippen LogP contribution in [0.5, 0.6) is 0 Å². The van der Waals surface area contributed by atoms with E-state index in [4.69, 9.17) is 0 Å². The van der Waals surface area contributed by atoms with E-state index in [1.807, 2.05) is 18.2 Å². The van der Waals surface area contributed by atoms with E-state index in [1.54, 1.807) is 6.20 Å². The molecule has 0 amide bonds. The maximum Gasteiger partial charge on any atom is 0.138 e. The van der Waals surface area contributed by atoms with Crippen molar-refractivity contribution >= 4 is 5.78 Å². The van der Waals surface area contributed by atoms with Gasteiger partial charge in [-0.25, -0.2) is 0 Å².